The first-order valence-electron chi connectivity index (χ1n) is 5.10. The van der Waals surface area contributed by atoms with Crippen molar-refractivity contribution in [2.24, 2.45) is 0 Å². The first kappa shape index (κ1) is 12.7. The average Bonchev–Trinajstić information content (AvgIpc) is 2.35. The number of hydrogen-bond donors (Lipinski definition) is 1. The monoisotopic (exact) mass is 356 g/mol. The first-order valence-corrected chi connectivity index (χ1v) is 6.18. The molecule has 1 aromatic heterocycles. The Morgan fingerprint density at radius 3 is 2.83 bits per heavy atom. The van der Waals surface area contributed by atoms with Gasteiger partial charge >= 0.3 is 5.97 Å². The first-order chi connectivity index (χ1) is 8.59. The van der Waals surface area contributed by atoms with Gasteiger partial charge in [-0.2, -0.15) is 0 Å². The van der Waals surface area contributed by atoms with Gasteiger partial charge in [0.15, 0.2) is 0 Å². The van der Waals surface area contributed by atoms with E-state index < -0.39 is 5.97 Å². The van der Waals surface area contributed by atoms with Crippen LogP contribution in [0.5, 0.6) is 0 Å². The highest BCUT2D eigenvalue weighted by molar-refractivity contribution is 14.1. The summed E-state index contributed by atoms with van der Waals surface area (Å²) < 4.78 is 1.90. The summed E-state index contributed by atoms with van der Waals surface area (Å²) in [4.78, 5) is 26.8. The predicted molar refractivity (Wildman–Crippen MR) is 73.7 cm³/mol. The molecule has 0 radical (unpaired) electrons. The summed E-state index contributed by atoms with van der Waals surface area (Å²) >= 11 is 1.90. The Morgan fingerprint density at radius 1 is 1.39 bits per heavy atom. The highest BCUT2D eigenvalue weighted by Crippen LogP contribution is 2.09. The van der Waals surface area contributed by atoms with Crippen molar-refractivity contribution < 1.29 is 9.90 Å². The molecule has 2 aromatic rings. The van der Waals surface area contributed by atoms with E-state index in [1.807, 2.05) is 22.6 Å². The van der Waals surface area contributed by atoms with Crippen molar-refractivity contribution in [3.05, 3.63) is 61.8 Å². The molecule has 18 heavy (non-hydrogen) atoms. The van der Waals surface area contributed by atoms with Gasteiger partial charge in [-0.15, -0.1) is 0 Å². The molecule has 0 aliphatic rings. The van der Waals surface area contributed by atoms with Crippen LogP contribution < -0.4 is 5.56 Å². The van der Waals surface area contributed by atoms with E-state index in [-0.39, 0.29) is 17.7 Å². The van der Waals surface area contributed by atoms with Crippen molar-refractivity contribution in [2.75, 3.05) is 0 Å². The summed E-state index contributed by atoms with van der Waals surface area (Å²) in [6.45, 7) is 0.200. The molecule has 0 unspecified atom stereocenters. The van der Waals surface area contributed by atoms with Crippen LogP contribution in [0.25, 0.3) is 0 Å². The zero-order valence-corrected chi connectivity index (χ0v) is 11.4. The van der Waals surface area contributed by atoms with Gasteiger partial charge in [-0.3, -0.25) is 9.36 Å². The average molecular weight is 356 g/mol. The number of carbonyl (C=O) groups is 1. The minimum Gasteiger partial charge on any atom is -0.478 e. The SMILES string of the molecule is O=C(O)c1ccccc1Cn1cncc(I)c1=O. The van der Waals surface area contributed by atoms with E-state index in [0.717, 1.165) is 0 Å². The summed E-state index contributed by atoms with van der Waals surface area (Å²) in [6, 6.07) is 6.61. The zero-order valence-electron chi connectivity index (χ0n) is 9.21. The number of benzene rings is 1. The highest BCUT2D eigenvalue weighted by Gasteiger charge is 2.10. The molecule has 0 saturated heterocycles. The van der Waals surface area contributed by atoms with Crippen LogP contribution in [0.3, 0.4) is 0 Å². The predicted octanol–water partition coefficient (Wildman–Crippen LogP) is 1.59. The van der Waals surface area contributed by atoms with E-state index in [4.69, 9.17) is 5.11 Å². The minimum atomic E-state index is -1.00. The maximum atomic E-state index is 11.8. The molecule has 1 heterocycles. The van der Waals surface area contributed by atoms with Crippen LogP contribution in [0.4, 0.5) is 0 Å². The molecule has 0 spiro atoms. The molecular formula is C12H9IN2O3. The molecule has 0 fully saturated rings. The number of aromatic nitrogens is 2. The van der Waals surface area contributed by atoms with Gasteiger partial charge in [0.25, 0.3) is 5.56 Å². The van der Waals surface area contributed by atoms with E-state index in [9.17, 15) is 9.59 Å². The second kappa shape index (κ2) is 5.30. The van der Waals surface area contributed by atoms with Crippen molar-refractivity contribution in [1.29, 1.82) is 0 Å². The van der Waals surface area contributed by atoms with E-state index in [2.05, 4.69) is 4.98 Å². The Labute approximate surface area is 116 Å². The van der Waals surface area contributed by atoms with Gasteiger partial charge in [-0.05, 0) is 34.2 Å². The Kier molecular flexibility index (Phi) is 3.75. The molecule has 0 amide bonds. The van der Waals surface area contributed by atoms with Crippen LogP contribution in [0, 0.1) is 3.57 Å². The second-order valence-electron chi connectivity index (χ2n) is 3.64. The maximum Gasteiger partial charge on any atom is 0.336 e. The maximum absolute atomic E-state index is 11.8. The van der Waals surface area contributed by atoms with Crippen molar-refractivity contribution in [3.63, 3.8) is 0 Å². The molecule has 6 heteroatoms. The van der Waals surface area contributed by atoms with Crippen molar-refractivity contribution in [2.45, 2.75) is 6.54 Å². The van der Waals surface area contributed by atoms with Crippen molar-refractivity contribution in [1.82, 2.24) is 9.55 Å². The summed E-state index contributed by atoms with van der Waals surface area (Å²) in [7, 11) is 0. The number of halogens is 1. The quantitative estimate of drug-likeness (QED) is 0.848. The summed E-state index contributed by atoms with van der Waals surface area (Å²) in [5, 5.41) is 9.06. The Morgan fingerprint density at radius 2 is 2.11 bits per heavy atom. The molecule has 0 bridgehead atoms. The number of carboxylic acid groups (broad SMARTS) is 1. The van der Waals surface area contributed by atoms with Crippen LogP contribution in [-0.2, 0) is 6.54 Å². The molecule has 1 N–H and O–H groups in total. The summed E-state index contributed by atoms with van der Waals surface area (Å²) in [6.07, 6.45) is 2.88. The Balaban J connectivity index is 2.44. The zero-order chi connectivity index (χ0) is 13.1. The third-order valence-electron chi connectivity index (χ3n) is 2.45. The van der Waals surface area contributed by atoms with Crippen LogP contribution in [0.1, 0.15) is 15.9 Å². The normalized spacial score (nSPS) is 10.3. The van der Waals surface area contributed by atoms with Crippen LogP contribution in [-0.4, -0.2) is 20.6 Å². The number of hydrogen-bond acceptors (Lipinski definition) is 3. The van der Waals surface area contributed by atoms with Gasteiger partial charge in [0, 0.05) is 6.20 Å². The fourth-order valence-electron chi connectivity index (χ4n) is 1.59. The fraction of sp³-hybridized carbons (Fsp3) is 0.0833. The molecule has 2 rings (SSSR count). The lowest BCUT2D eigenvalue weighted by Crippen LogP contribution is -2.23. The second-order valence-corrected chi connectivity index (χ2v) is 4.80. The van der Waals surface area contributed by atoms with Gasteiger partial charge in [-0.1, -0.05) is 18.2 Å². The summed E-state index contributed by atoms with van der Waals surface area (Å²) in [5.74, 6) is -1.00. The van der Waals surface area contributed by atoms with Gasteiger partial charge in [-0.25, -0.2) is 9.78 Å². The largest absolute Gasteiger partial charge is 0.478 e. The number of nitrogens with zero attached hydrogens (tertiary/aromatic N) is 2. The molecule has 1 aromatic carbocycles. The number of aromatic carboxylic acids is 1. The van der Waals surface area contributed by atoms with E-state index in [1.54, 1.807) is 18.2 Å². The van der Waals surface area contributed by atoms with Crippen molar-refractivity contribution >= 4 is 28.6 Å². The van der Waals surface area contributed by atoms with Gasteiger partial charge < -0.3 is 5.11 Å². The molecule has 5 nitrogen and oxygen atoms in total. The fourth-order valence-corrected chi connectivity index (χ4v) is 2.06. The van der Waals surface area contributed by atoms with E-state index in [1.165, 1.54) is 23.2 Å². The third-order valence-corrected chi connectivity index (χ3v) is 3.19. The summed E-state index contributed by atoms with van der Waals surface area (Å²) in [5.41, 5.74) is 0.602. The number of rotatable bonds is 3. The minimum absolute atomic E-state index is 0.175. The number of carboxylic acids is 1. The Bertz CT molecular complexity index is 652. The van der Waals surface area contributed by atoms with E-state index >= 15 is 0 Å². The molecule has 92 valence electrons. The lowest BCUT2D eigenvalue weighted by Gasteiger charge is -2.08. The topological polar surface area (TPSA) is 72.2 Å². The lowest BCUT2D eigenvalue weighted by atomic mass is 10.1. The van der Waals surface area contributed by atoms with E-state index in [0.29, 0.717) is 9.13 Å². The molecule has 0 aliphatic heterocycles. The Hall–Kier alpha value is -1.70. The van der Waals surface area contributed by atoms with Crippen molar-refractivity contribution in [3.8, 4) is 0 Å². The molecule has 0 saturated carbocycles. The van der Waals surface area contributed by atoms with Crippen LogP contribution in [0.2, 0.25) is 0 Å². The van der Waals surface area contributed by atoms with Gasteiger partial charge in [0.2, 0.25) is 0 Å². The standard InChI is InChI=1S/C12H9IN2O3/c13-10-5-14-7-15(11(10)16)6-8-3-1-2-4-9(8)12(17)18/h1-5,7H,6H2,(H,17,18). The molecule has 0 atom stereocenters. The van der Waals surface area contributed by atoms with Gasteiger partial charge in [0.05, 0.1) is 22.0 Å². The van der Waals surface area contributed by atoms with Crippen LogP contribution >= 0.6 is 22.6 Å². The van der Waals surface area contributed by atoms with Crippen LogP contribution in [0.15, 0.2) is 41.6 Å². The third kappa shape index (κ3) is 2.58. The van der Waals surface area contributed by atoms with Gasteiger partial charge in [0.1, 0.15) is 0 Å². The lowest BCUT2D eigenvalue weighted by molar-refractivity contribution is 0.0695. The smallest absolute Gasteiger partial charge is 0.336 e. The molecule has 0 aliphatic carbocycles. The highest BCUT2D eigenvalue weighted by atomic mass is 127. The molecular weight excluding hydrogens is 347 g/mol.